The van der Waals surface area contributed by atoms with Gasteiger partial charge in [-0.15, -0.1) is 0 Å². The highest BCUT2D eigenvalue weighted by molar-refractivity contribution is 6.06. The van der Waals surface area contributed by atoms with Gasteiger partial charge in [-0.3, -0.25) is 4.79 Å². The molecule has 1 aliphatic heterocycles. The molecule has 1 aliphatic rings. The Hall–Kier alpha value is -2.86. The lowest BCUT2D eigenvalue weighted by molar-refractivity contribution is -0.127. The first-order valence-corrected chi connectivity index (χ1v) is 8.33. The molecule has 24 heavy (non-hydrogen) atoms. The predicted molar refractivity (Wildman–Crippen MR) is 95.9 cm³/mol. The Bertz CT molecular complexity index is 725. The van der Waals surface area contributed by atoms with Gasteiger partial charge in [0.2, 0.25) is 0 Å². The Labute approximate surface area is 143 Å². The minimum Gasteiger partial charge on any atom is -0.348 e. The summed E-state index contributed by atoms with van der Waals surface area (Å²) in [5, 5.41) is 0. The van der Waals surface area contributed by atoms with Crippen LogP contribution in [0.15, 0.2) is 66.4 Å². The van der Waals surface area contributed by atoms with E-state index in [1.807, 2.05) is 65.6 Å². The summed E-state index contributed by atoms with van der Waals surface area (Å²) in [5.41, 5.74) is 2.75. The SMILES string of the molecule is [C-]#[N+]C(C(=O)N1CCCCC1)=C(c1ccccc1)c1ccccc1. The summed E-state index contributed by atoms with van der Waals surface area (Å²) in [6.45, 7) is 9.15. The maximum atomic E-state index is 13.0. The van der Waals surface area contributed by atoms with Crippen LogP contribution in [0.3, 0.4) is 0 Å². The number of nitrogens with zero attached hydrogens (tertiary/aromatic N) is 2. The molecule has 3 nitrogen and oxygen atoms in total. The lowest BCUT2D eigenvalue weighted by Crippen LogP contribution is -2.36. The number of hydrogen-bond donors (Lipinski definition) is 0. The summed E-state index contributed by atoms with van der Waals surface area (Å²) in [5.74, 6) is -0.146. The molecule has 1 saturated heterocycles. The molecule has 0 radical (unpaired) electrons. The Morgan fingerprint density at radius 1 is 0.833 bits per heavy atom. The van der Waals surface area contributed by atoms with Gasteiger partial charge in [0.15, 0.2) is 0 Å². The third-order valence-corrected chi connectivity index (χ3v) is 4.32. The van der Waals surface area contributed by atoms with Gasteiger partial charge in [0, 0.05) is 18.7 Å². The van der Waals surface area contributed by atoms with Crippen molar-refractivity contribution >= 4 is 11.5 Å². The maximum absolute atomic E-state index is 13.0. The number of rotatable bonds is 3. The monoisotopic (exact) mass is 316 g/mol. The average Bonchev–Trinajstić information content (AvgIpc) is 2.67. The van der Waals surface area contributed by atoms with Gasteiger partial charge in [-0.1, -0.05) is 60.7 Å². The van der Waals surface area contributed by atoms with E-state index in [1.54, 1.807) is 0 Å². The molecule has 0 aromatic heterocycles. The fraction of sp³-hybridized carbons (Fsp3) is 0.238. The van der Waals surface area contributed by atoms with Crippen LogP contribution >= 0.6 is 0 Å². The maximum Gasteiger partial charge on any atom is 0.258 e. The number of carbonyl (C=O) groups excluding carboxylic acids is 1. The van der Waals surface area contributed by atoms with Crippen molar-refractivity contribution in [3.05, 3.63) is 88.9 Å². The van der Waals surface area contributed by atoms with E-state index in [0.717, 1.165) is 49.1 Å². The van der Waals surface area contributed by atoms with Crippen LogP contribution in [0, 0.1) is 6.57 Å². The lowest BCUT2D eigenvalue weighted by atomic mass is 9.95. The van der Waals surface area contributed by atoms with Crippen LogP contribution in [-0.4, -0.2) is 23.9 Å². The van der Waals surface area contributed by atoms with Gasteiger partial charge in [-0.25, -0.2) is 4.85 Å². The molecule has 0 unspecified atom stereocenters. The van der Waals surface area contributed by atoms with Crippen molar-refractivity contribution in [2.45, 2.75) is 19.3 Å². The number of amides is 1. The molecule has 0 spiro atoms. The molecular weight excluding hydrogens is 296 g/mol. The van der Waals surface area contributed by atoms with Gasteiger partial charge < -0.3 is 4.90 Å². The smallest absolute Gasteiger partial charge is 0.258 e. The first-order chi connectivity index (χ1) is 11.8. The zero-order valence-corrected chi connectivity index (χ0v) is 13.6. The van der Waals surface area contributed by atoms with Gasteiger partial charge in [-0.05, 0) is 30.4 Å². The van der Waals surface area contributed by atoms with Crippen LogP contribution in [0.25, 0.3) is 10.4 Å². The molecule has 0 bridgehead atoms. The van der Waals surface area contributed by atoms with E-state index < -0.39 is 0 Å². The molecule has 0 atom stereocenters. The summed E-state index contributed by atoms with van der Waals surface area (Å²) >= 11 is 0. The number of benzene rings is 2. The van der Waals surface area contributed by atoms with Crippen LogP contribution in [0.1, 0.15) is 30.4 Å². The molecule has 0 aliphatic carbocycles. The Morgan fingerprint density at radius 2 is 1.33 bits per heavy atom. The van der Waals surface area contributed by atoms with E-state index in [0.29, 0.717) is 0 Å². The third-order valence-electron chi connectivity index (χ3n) is 4.32. The van der Waals surface area contributed by atoms with E-state index in [4.69, 9.17) is 6.57 Å². The summed E-state index contributed by atoms with van der Waals surface area (Å²) in [7, 11) is 0. The molecule has 2 aromatic rings. The molecule has 1 fully saturated rings. The van der Waals surface area contributed by atoms with Crippen molar-refractivity contribution in [2.75, 3.05) is 13.1 Å². The molecule has 0 N–H and O–H groups in total. The van der Waals surface area contributed by atoms with E-state index in [1.165, 1.54) is 0 Å². The second-order valence-corrected chi connectivity index (χ2v) is 5.92. The first kappa shape index (κ1) is 16.0. The van der Waals surface area contributed by atoms with Crippen molar-refractivity contribution in [3.63, 3.8) is 0 Å². The molecule has 3 heteroatoms. The zero-order chi connectivity index (χ0) is 16.8. The second-order valence-electron chi connectivity index (χ2n) is 5.92. The quantitative estimate of drug-likeness (QED) is 0.609. The van der Waals surface area contributed by atoms with E-state index in [9.17, 15) is 4.79 Å². The van der Waals surface area contributed by atoms with E-state index >= 15 is 0 Å². The Kier molecular flexibility index (Phi) is 5.08. The molecule has 120 valence electrons. The van der Waals surface area contributed by atoms with Crippen LogP contribution in [0.5, 0.6) is 0 Å². The normalized spacial score (nSPS) is 13.9. The standard InChI is InChI=1S/C21H20N2O/c1-22-20(21(24)23-15-9-4-10-16-23)19(17-11-5-2-6-12-17)18-13-7-3-8-14-18/h2-3,5-8,11-14H,4,9-10,15-16H2. The molecule has 1 heterocycles. The summed E-state index contributed by atoms with van der Waals surface area (Å²) in [4.78, 5) is 18.4. The van der Waals surface area contributed by atoms with Gasteiger partial charge in [0.05, 0.1) is 6.57 Å². The zero-order valence-electron chi connectivity index (χ0n) is 13.6. The highest BCUT2D eigenvalue weighted by atomic mass is 16.2. The number of hydrogen-bond acceptors (Lipinski definition) is 1. The van der Waals surface area contributed by atoms with Gasteiger partial charge >= 0.3 is 0 Å². The summed E-state index contributed by atoms with van der Waals surface area (Å²) < 4.78 is 0. The lowest BCUT2D eigenvalue weighted by Gasteiger charge is -2.27. The largest absolute Gasteiger partial charge is 0.348 e. The van der Waals surface area contributed by atoms with Crippen molar-refractivity contribution in [1.82, 2.24) is 4.90 Å². The van der Waals surface area contributed by atoms with Crippen LogP contribution in [0.2, 0.25) is 0 Å². The van der Waals surface area contributed by atoms with E-state index in [-0.39, 0.29) is 11.6 Å². The number of likely N-dealkylation sites (tertiary alicyclic amines) is 1. The number of piperidine rings is 1. The Balaban J connectivity index is 2.12. The summed E-state index contributed by atoms with van der Waals surface area (Å²) in [6.07, 6.45) is 3.19. The highest BCUT2D eigenvalue weighted by Crippen LogP contribution is 2.29. The van der Waals surface area contributed by atoms with Gasteiger partial charge in [-0.2, -0.15) is 0 Å². The fourth-order valence-electron chi connectivity index (χ4n) is 3.11. The number of carbonyl (C=O) groups is 1. The summed E-state index contributed by atoms with van der Waals surface area (Å²) in [6, 6.07) is 19.4. The van der Waals surface area contributed by atoms with Gasteiger partial charge in [0.1, 0.15) is 0 Å². The van der Waals surface area contributed by atoms with E-state index in [2.05, 4.69) is 4.85 Å². The van der Waals surface area contributed by atoms with Crippen LogP contribution in [-0.2, 0) is 4.79 Å². The fourth-order valence-corrected chi connectivity index (χ4v) is 3.11. The highest BCUT2D eigenvalue weighted by Gasteiger charge is 2.25. The Morgan fingerprint density at radius 3 is 1.79 bits per heavy atom. The van der Waals surface area contributed by atoms with Gasteiger partial charge in [0.25, 0.3) is 11.6 Å². The molecule has 1 amide bonds. The van der Waals surface area contributed by atoms with Crippen molar-refractivity contribution in [2.24, 2.45) is 0 Å². The topological polar surface area (TPSA) is 24.7 Å². The van der Waals surface area contributed by atoms with Crippen molar-refractivity contribution in [1.29, 1.82) is 0 Å². The van der Waals surface area contributed by atoms with Crippen molar-refractivity contribution in [3.8, 4) is 0 Å². The van der Waals surface area contributed by atoms with Crippen molar-refractivity contribution < 1.29 is 4.79 Å². The first-order valence-electron chi connectivity index (χ1n) is 8.33. The molecule has 3 rings (SSSR count). The third kappa shape index (κ3) is 3.38. The second kappa shape index (κ2) is 7.61. The van der Waals surface area contributed by atoms with Crippen LogP contribution < -0.4 is 0 Å². The minimum atomic E-state index is -0.146. The minimum absolute atomic E-state index is 0.146. The predicted octanol–water partition coefficient (Wildman–Crippen LogP) is 4.38. The molecular formula is C21H20N2O. The molecule has 2 aromatic carbocycles. The van der Waals surface area contributed by atoms with Crippen LogP contribution in [0.4, 0.5) is 0 Å². The molecule has 0 saturated carbocycles. The average molecular weight is 316 g/mol.